The predicted molar refractivity (Wildman–Crippen MR) is 91.3 cm³/mol. The molecule has 0 saturated carbocycles. The molecule has 0 radical (unpaired) electrons. The number of nitrogens with zero attached hydrogens (tertiary/aromatic N) is 3. The van der Waals surface area contributed by atoms with Gasteiger partial charge in [-0.05, 0) is 30.5 Å². The fourth-order valence-electron chi connectivity index (χ4n) is 2.26. The van der Waals surface area contributed by atoms with Gasteiger partial charge in [0.2, 0.25) is 4.96 Å². The standard InChI is InChI=1S/C17H19N3O2S/c1-3-5-15-19-20-16(21)10-13(18-17(20)23-15)11-22-14-8-6-12(4-2)7-9-14/h6-10H,3-5,11H2,1-2H3. The lowest BCUT2D eigenvalue weighted by molar-refractivity contribution is 0.301. The molecule has 2 heterocycles. The molecule has 6 heteroatoms. The van der Waals surface area contributed by atoms with Gasteiger partial charge in [0, 0.05) is 12.5 Å². The van der Waals surface area contributed by atoms with Crippen LogP contribution >= 0.6 is 11.3 Å². The Labute approximate surface area is 138 Å². The lowest BCUT2D eigenvalue weighted by atomic mass is 10.2. The summed E-state index contributed by atoms with van der Waals surface area (Å²) in [6.45, 7) is 4.48. The van der Waals surface area contributed by atoms with Crippen molar-refractivity contribution in [2.75, 3.05) is 0 Å². The number of hydrogen-bond donors (Lipinski definition) is 0. The topological polar surface area (TPSA) is 56.5 Å². The number of ether oxygens (including phenoxy) is 1. The molecule has 0 aliphatic rings. The van der Waals surface area contributed by atoms with Crippen LogP contribution in [0.4, 0.5) is 0 Å². The second-order valence-corrected chi connectivity index (χ2v) is 6.35. The van der Waals surface area contributed by atoms with Gasteiger partial charge in [-0.2, -0.15) is 9.61 Å². The zero-order chi connectivity index (χ0) is 16.2. The molecule has 0 unspecified atom stereocenters. The zero-order valence-corrected chi connectivity index (χ0v) is 14.1. The van der Waals surface area contributed by atoms with Gasteiger partial charge in [-0.25, -0.2) is 4.98 Å². The maximum Gasteiger partial charge on any atom is 0.275 e. The minimum absolute atomic E-state index is 0.159. The third-order valence-electron chi connectivity index (χ3n) is 3.52. The second-order valence-electron chi connectivity index (χ2n) is 5.31. The summed E-state index contributed by atoms with van der Waals surface area (Å²) in [5, 5.41) is 5.24. The van der Waals surface area contributed by atoms with Crippen LogP contribution in [0.15, 0.2) is 35.1 Å². The van der Waals surface area contributed by atoms with E-state index < -0.39 is 0 Å². The maximum atomic E-state index is 12.1. The van der Waals surface area contributed by atoms with Crippen molar-refractivity contribution in [1.29, 1.82) is 0 Å². The van der Waals surface area contributed by atoms with E-state index in [1.54, 1.807) is 0 Å². The first-order valence-corrected chi connectivity index (χ1v) is 8.61. The van der Waals surface area contributed by atoms with Gasteiger partial charge in [0.25, 0.3) is 5.56 Å². The average molecular weight is 329 g/mol. The van der Waals surface area contributed by atoms with E-state index in [4.69, 9.17) is 4.74 Å². The van der Waals surface area contributed by atoms with Gasteiger partial charge < -0.3 is 4.74 Å². The molecule has 0 saturated heterocycles. The highest BCUT2D eigenvalue weighted by Gasteiger charge is 2.09. The van der Waals surface area contributed by atoms with Crippen molar-refractivity contribution < 1.29 is 4.74 Å². The number of hydrogen-bond acceptors (Lipinski definition) is 5. The molecular weight excluding hydrogens is 310 g/mol. The monoisotopic (exact) mass is 329 g/mol. The van der Waals surface area contributed by atoms with Gasteiger partial charge >= 0.3 is 0 Å². The Morgan fingerprint density at radius 3 is 2.70 bits per heavy atom. The summed E-state index contributed by atoms with van der Waals surface area (Å²) in [6.07, 6.45) is 2.86. The highest BCUT2D eigenvalue weighted by molar-refractivity contribution is 7.16. The van der Waals surface area contributed by atoms with E-state index in [0.717, 1.165) is 30.0 Å². The van der Waals surface area contributed by atoms with Crippen LogP contribution in [0.2, 0.25) is 0 Å². The molecule has 3 rings (SSSR count). The Balaban J connectivity index is 1.78. The summed E-state index contributed by atoms with van der Waals surface area (Å²) in [5.41, 5.74) is 1.73. The number of rotatable bonds is 6. The molecule has 0 aliphatic heterocycles. The van der Waals surface area contributed by atoms with E-state index in [2.05, 4.69) is 23.9 Å². The minimum atomic E-state index is -0.159. The Bertz CT molecular complexity index is 852. The smallest absolute Gasteiger partial charge is 0.275 e. The van der Waals surface area contributed by atoms with Crippen LogP contribution in [0.1, 0.15) is 36.5 Å². The highest BCUT2D eigenvalue weighted by Crippen LogP contribution is 2.16. The molecule has 23 heavy (non-hydrogen) atoms. The van der Waals surface area contributed by atoms with Gasteiger partial charge in [-0.3, -0.25) is 4.79 Å². The van der Waals surface area contributed by atoms with Crippen molar-refractivity contribution in [3.05, 3.63) is 57.0 Å². The normalized spacial score (nSPS) is 11.0. The summed E-state index contributed by atoms with van der Waals surface area (Å²) >= 11 is 1.46. The van der Waals surface area contributed by atoms with E-state index in [9.17, 15) is 4.79 Å². The van der Waals surface area contributed by atoms with Gasteiger partial charge in [-0.15, -0.1) is 0 Å². The maximum absolute atomic E-state index is 12.1. The molecule has 0 fully saturated rings. The summed E-state index contributed by atoms with van der Waals surface area (Å²) in [5.74, 6) is 0.778. The first-order valence-electron chi connectivity index (χ1n) is 7.80. The number of fused-ring (bicyclic) bond motifs is 1. The average Bonchev–Trinajstić information content (AvgIpc) is 2.97. The molecule has 1 aromatic carbocycles. The quantitative estimate of drug-likeness (QED) is 0.696. The van der Waals surface area contributed by atoms with E-state index in [-0.39, 0.29) is 12.2 Å². The first-order chi connectivity index (χ1) is 11.2. The van der Waals surface area contributed by atoms with Crippen LogP contribution in [0.3, 0.4) is 0 Å². The van der Waals surface area contributed by atoms with Crippen LogP contribution in [0.5, 0.6) is 5.75 Å². The van der Waals surface area contributed by atoms with Crippen LogP contribution in [0.25, 0.3) is 4.96 Å². The fourth-order valence-corrected chi connectivity index (χ4v) is 3.28. The van der Waals surface area contributed by atoms with E-state index in [1.807, 2.05) is 24.3 Å². The van der Waals surface area contributed by atoms with Gasteiger partial charge in [0.1, 0.15) is 17.4 Å². The van der Waals surface area contributed by atoms with E-state index >= 15 is 0 Å². The summed E-state index contributed by atoms with van der Waals surface area (Å²) in [6, 6.07) is 9.46. The van der Waals surface area contributed by atoms with Crippen LogP contribution < -0.4 is 10.3 Å². The number of aromatic nitrogens is 3. The molecule has 5 nitrogen and oxygen atoms in total. The first kappa shape index (κ1) is 15.7. The molecule has 0 N–H and O–H groups in total. The van der Waals surface area contributed by atoms with E-state index in [1.165, 1.54) is 27.5 Å². The van der Waals surface area contributed by atoms with Crippen LogP contribution in [-0.2, 0) is 19.4 Å². The largest absolute Gasteiger partial charge is 0.487 e. The summed E-state index contributed by atoms with van der Waals surface area (Å²) in [7, 11) is 0. The second kappa shape index (κ2) is 6.91. The molecular formula is C17H19N3O2S. The van der Waals surface area contributed by atoms with Crippen molar-refractivity contribution in [1.82, 2.24) is 14.6 Å². The third-order valence-corrected chi connectivity index (χ3v) is 4.49. The molecule has 0 bridgehead atoms. The zero-order valence-electron chi connectivity index (χ0n) is 13.3. The Morgan fingerprint density at radius 1 is 1.22 bits per heavy atom. The van der Waals surface area contributed by atoms with Crippen molar-refractivity contribution in [3.8, 4) is 5.75 Å². The van der Waals surface area contributed by atoms with Crippen molar-refractivity contribution >= 4 is 16.3 Å². The van der Waals surface area contributed by atoms with Crippen LogP contribution in [0, 0.1) is 0 Å². The van der Waals surface area contributed by atoms with Gasteiger partial charge in [0.15, 0.2) is 0 Å². The van der Waals surface area contributed by atoms with Gasteiger partial charge in [0.05, 0.1) is 5.69 Å². The lowest BCUT2D eigenvalue weighted by Crippen LogP contribution is -2.16. The number of benzene rings is 1. The molecule has 120 valence electrons. The fraction of sp³-hybridized carbons (Fsp3) is 0.353. The van der Waals surface area contributed by atoms with E-state index in [0.29, 0.717) is 10.7 Å². The predicted octanol–water partition coefficient (Wildman–Crippen LogP) is 3.24. The molecule has 0 amide bonds. The minimum Gasteiger partial charge on any atom is -0.487 e. The molecule has 3 aromatic rings. The molecule has 0 spiro atoms. The SMILES string of the molecule is CCCc1nn2c(=O)cc(COc3ccc(CC)cc3)nc2s1. The number of aryl methyl sites for hydroxylation is 2. The Kier molecular flexibility index (Phi) is 4.71. The molecule has 0 atom stereocenters. The van der Waals surface area contributed by atoms with Crippen molar-refractivity contribution in [2.45, 2.75) is 39.7 Å². The third kappa shape index (κ3) is 3.59. The lowest BCUT2D eigenvalue weighted by Gasteiger charge is -2.06. The Morgan fingerprint density at radius 2 is 2.00 bits per heavy atom. The molecule has 0 aliphatic carbocycles. The Hall–Kier alpha value is -2.21. The van der Waals surface area contributed by atoms with Crippen molar-refractivity contribution in [3.63, 3.8) is 0 Å². The summed E-state index contributed by atoms with van der Waals surface area (Å²) < 4.78 is 7.09. The van der Waals surface area contributed by atoms with Crippen molar-refractivity contribution in [2.24, 2.45) is 0 Å². The summed E-state index contributed by atoms with van der Waals surface area (Å²) in [4.78, 5) is 17.2. The van der Waals surface area contributed by atoms with Crippen LogP contribution in [-0.4, -0.2) is 14.6 Å². The van der Waals surface area contributed by atoms with Gasteiger partial charge in [-0.1, -0.05) is 37.3 Å². The highest BCUT2D eigenvalue weighted by atomic mass is 32.1. The molecule has 2 aromatic heterocycles.